The molecule has 48 valence electrons. The molecule has 0 atom stereocenters. The predicted molar refractivity (Wildman–Crippen MR) is 33.8 cm³/mol. The van der Waals surface area contributed by atoms with Crippen molar-refractivity contribution in [2.45, 2.75) is 6.92 Å². The normalized spacial score (nSPS) is 6.78. The standard InChI is InChI=1S/C4H4N2.C2H4O/c1-2-6-4-3-5-1;1-2-3/h1-4H;2H,1H3. The number of carbonyl (C=O) groups excluding carboxylic acids is 1. The summed E-state index contributed by atoms with van der Waals surface area (Å²) in [5.74, 6) is 0. The Kier molecular flexibility index (Phi) is 5.81. The molecular formula is C6H8N2O. The molecular weight excluding hydrogens is 116 g/mol. The molecule has 0 unspecified atom stereocenters. The van der Waals surface area contributed by atoms with Gasteiger partial charge in [0.1, 0.15) is 6.29 Å². The summed E-state index contributed by atoms with van der Waals surface area (Å²) in [6.07, 6.45) is 7.31. The van der Waals surface area contributed by atoms with E-state index in [1.807, 2.05) is 0 Å². The Labute approximate surface area is 53.8 Å². The van der Waals surface area contributed by atoms with Gasteiger partial charge < -0.3 is 4.79 Å². The zero-order valence-electron chi connectivity index (χ0n) is 5.19. The molecule has 0 amide bonds. The fraction of sp³-hybridized carbons (Fsp3) is 0.167. The molecule has 9 heavy (non-hydrogen) atoms. The second kappa shape index (κ2) is 6.75. The van der Waals surface area contributed by atoms with E-state index in [2.05, 4.69) is 9.97 Å². The zero-order chi connectivity index (χ0) is 6.95. The number of hydrogen-bond donors (Lipinski definition) is 0. The van der Waals surface area contributed by atoms with Crippen LogP contribution in [-0.4, -0.2) is 16.3 Å². The van der Waals surface area contributed by atoms with Gasteiger partial charge in [-0.2, -0.15) is 0 Å². The van der Waals surface area contributed by atoms with Crippen LogP contribution in [0.15, 0.2) is 24.8 Å². The largest absolute Gasteiger partial charge is 0.304 e. The molecule has 3 heteroatoms. The van der Waals surface area contributed by atoms with Gasteiger partial charge in [-0.05, 0) is 6.92 Å². The highest BCUT2D eigenvalue weighted by Gasteiger charge is 1.59. The van der Waals surface area contributed by atoms with Crippen molar-refractivity contribution in [2.75, 3.05) is 0 Å². The molecule has 0 bridgehead atoms. The van der Waals surface area contributed by atoms with Gasteiger partial charge in [0.25, 0.3) is 0 Å². The van der Waals surface area contributed by atoms with E-state index in [0.29, 0.717) is 0 Å². The summed E-state index contributed by atoms with van der Waals surface area (Å²) < 4.78 is 0. The van der Waals surface area contributed by atoms with E-state index in [4.69, 9.17) is 4.79 Å². The molecule has 1 aromatic heterocycles. The summed E-state index contributed by atoms with van der Waals surface area (Å²) in [6, 6.07) is 0. The molecule has 1 rings (SSSR count). The molecule has 0 N–H and O–H groups in total. The maximum atomic E-state index is 8.81. The number of aromatic nitrogens is 2. The molecule has 0 saturated heterocycles. The highest BCUT2D eigenvalue weighted by atomic mass is 16.1. The number of aldehydes is 1. The Hall–Kier alpha value is -1.25. The first-order valence-electron chi connectivity index (χ1n) is 2.51. The van der Waals surface area contributed by atoms with Gasteiger partial charge in [0.15, 0.2) is 0 Å². The lowest BCUT2D eigenvalue weighted by Gasteiger charge is -1.70. The van der Waals surface area contributed by atoms with Crippen molar-refractivity contribution in [3.8, 4) is 0 Å². The molecule has 0 aliphatic heterocycles. The molecule has 0 fully saturated rings. The van der Waals surface area contributed by atoms with Gasteiger partial charge in [-0.15, -0.1) is 0 Å². The predicted octanol–water partition coefficient (Wildman–Crippen LogP) is 0.682. The first kappa shape index (κ1) is 7.75. The molecule has 0 aliphatic rings. The Morgan fingerprint density at radius 2 is 1.33 bits per heavy atom. The van der Waals surface area contributed by atoms with Crippen LogP contribution in [0.25, 0.3) is 0 Å². The van der Waals surface area contributed by atoms with E-state index in [1.165, 1.54) is 6.92 Å². The Morgan fingerprint density at radius 1 is 1.11 bits per heavy atom. The zero-order valence-corrected chi connectivity index (χ0v) is 5.19. The van der Waals surface area contributed by atoms with E-state index in [0.717, 1.165) is 6.29 Å². The third kappa shape index (κ3) is 6.75. The van der Waals surface area contributed by atoms with Gasteiger partial charge in [-0.1, -0.05) is 0 Å². The Morgan fingerprint density at radius 3 is 1.44 bits per heavy atom. The fourth-order valence-electron chi connectivity index (χ4n) is 0.253. The van der Waals surface area contributed by atoms with Crippen LogP contribution in [0.1, 0.15) is 6.92 Å². The van der Waals surface area contributed by atoms with Gasteiger partial charge in [-0.25, -0.2) is 0 Å². The summed E-state index contributed by atoms with van der Waals surface area (Å²) in [5, 5.41) is 0. The summed E-state index contributed by atoms with van der Waals surface area (Å²) in [6.45, 7) is 1.44. The van der Waals surface area contributed by atoms with E-state index in [9.17, 15) is 0 Å². The number of nitrogens with zero attached hydrogens (tertiary/aromatic N) is 2. The van der Waals surface area contributed by atoms with Gasteiger partial charge in [-0.3, -0.25) is 9.97 Å². The van der Waals surface area contributed by atoms with Gasteiger partial charge in [0, 0.05) is 24.8 Å². The number of carbonyl (C=O) groups is 1. The molecule has 0 saturated carbocycles. The molecule has 3 nitrogen and oxygen atoms in total. The second-order valence-corrected chi connectivity index (χ2v) is 1.13. The van der Waals surface area contributed by atoms with Crippen LogP contribution in [0.5, 0.6) is 0 Å². The van der Waals surface area contributed by atoms with E-state index >= 15 is 0 Å². The lowest BCUT2D eigenvalue weighted by atomic mass is 10.8. The van der Waals surface area contributed by atoms with Crippen molar-refractivity contribution in [1.82, 2.24) is 9.97 Å². The van der Waals surface area contributed by atoms with Crippen LogP contribution in [0, 0.1) is 0 Å². The van der Waals surface area contributed by atoms with Crippen molar-refractivity contribution in [3.63, 3.8) is 0 Å². The first-order chi connectivity index (χ1) is 4.41. The average Bonchev–Trinajstić information content (AvgIpc) is 1.93. The highest BCUT2D eigenvalue weighted by molar-refractivity contribution is 5.44. The van der Waals surface area contributed by atoms with Crippen LogP contribution >= 0.6 is 0 Å². The third-order valence-electron chi connectivity index (χ3n) is 0.478. The van der Waals surface area contributed by atoms with Gasteiger partial charge in [0.2, 0.25) is 0 Å². The minimum atomic E-state index is 0.750. The van der Waals surface area contributed by atoms with Gasteiger partial charge >= 0.3 is 0 Å². The third-order valence-corrected chi connectivity index (χ3v) is 0.478. The van der Waals surface area contributed by atoms with E-state index in [1.54, 1.807) is 24.8 Å². The number of hydrogen-bond acceptors (Lipinski definition) is 3. The first-order valence-corrected chi connectivity index (χ1v) is 2.51. The maximum absolute atomic E-state index is 8.81. The number of rotatable bonds is 0. The van der Waals surface area contributed by atoms with Crippen LogP contribution in [0.2, 0.25) is 0 Å². The molecule has 0 aliphatic carbocycles. The smallest absolute Gasteiger partial charge is 0.116 e. The van der Waals surface area contributed by atoms with E-state index in [-0.39, 0.29) is 0 Å². The topological polar surface area (TPSA) is 42.9 Å². The minimum Gasteiger partial charge on any atom is -0.304 e. The van der Waals surface area contributed by atoms with Crippen LogP contribution in [0.4, 0.5) is 0 Å². The molecule has 0 aromatic carbocycles. The SMILES string of the molecule is CC=O.c1cnccn1. The average molecular weight is 124 g/mol. The fourth-order valence-corrected chi connectivity index (χ4v) is 0.253. The highest BCUT2D eigenvalue weighted by Crippen LogP contribution is 1.65. The van der Waals surface area contributed by atoms with Crippen molar-refractivity contribution >= 4 is 6.29 Å². The Bertz CT molecular complexity index is 114. The van der Waals surface area contributed by atoms with Crippen molar-refractivity contribution in [3.05, 3.63) is 24.8 Å². The van der Waals surface area contributed by atoms with Crippen molar-refractivity contribution in [2.24, 2.45) is 0 Å². The van der Waals surface area contributed by atoms with Crippen molar-refractivity contribution in [1.29, 1.82) is 0 Å². The van der Waals surface area contributed by atoms with Crippen LogP contribution in [-0.2, 0) is 4.79 Å². The van der Waals surface area contributed by atoms with Crippen LogP contribution < -0.4 is 0 Å². The van der Waals surface area contributed by atoms with E-state index < -0.39 is 0 Å². The molecule has 1 aromatic rings. The summed E-state index contributed by atoms with van der Waals surface area (Å²) in [5.41, 5.74) is 0. The Balaban J connectivity index is 0.000000187. The second-order valence-electron chi connectivity index (χ2n) is 1.13. The minimum absolute atomic E-state index is 0.750. The monoisotopic (exact) mass is 124 g/mol. The molecule has 0 radical (unpaired) electrons. The molecule has 0 spiro atoms. The lowest BCUT2D eigenvalue weighted by Crippen LogP contribution is -1.66. The summed E-state index contributed by atoms with van der Waals surface area (Å²) in [7, 11) is 0. The molecule has 1 heterocycles. The van der Waals surface area contributed by atoms with Crippen LogP contribution in [0.3, 0.4) is 0 Å². The van der Waals surface area contributed by atoms with Crippen molar-refractivity contribution < 1.29 is 4.79 Å². The summed E-state index contributed by atoms with van der Waals surface area (Å²) in [4.78, 5) is 16.2. The lowest BCUT2D eigenvalue weighted by molar-refractivity contribution is -0.106. The maximum Gasteiger partial charge on any atom is 0.116 e. The quantitative estimate of drug-likeness (QED) is 0.478. The van der Waals surface area contributed by atoms with Gasteiger partial charge in [0.05, 0.1) is 0 Å². The summed E-state index contributed by atoms with van der Waals surface area (Å²) >= 11 is 0.